The van der Waals surface area contributed by atoms with Crippen LogP contribution in [0, 0.1) is 12.7 Å². The second kappa shape index (κ2) is 6.83. The van der Waals surface area contributed by atoms with Crippen molar-refractivity contribution in [1.82, 2.24) is 15.2 Å². The number of aromatic nitrogens is 2. The fourth-order valence-electron chi connectivity index (χ4n) is 2.53. The van der Waals surface area contributed by atoms with E-state index >= 15 is 0 Å². The molecule has 1 aromatic heterocycles. The highest BCUT2D eigenvalue weighted by Crippen LogP contribution is 2.23. The van der Waals surface area contributed by atoms with Gasteiger partial charge in [0.2, 0.25) is 0 Å². The summed E-state index contributed by atoms with van der Waals surface area (Å²) in [4.78, 5) is 0. The molecule has 4 nitrogen and oxygen atoms in total. The summed E-state index contributed by atoms with van der Waals surface area (Å²) in [5, 5.41) is 4.52. The zero-order valence-corrected chi connectivity index (χ0v) is 12.9. The van der Waals surface area contributed by atoms with Crippen LogP contribution in [0.5, 0.6) is 0 Å². The second-order valence-corrected chi connectivity index (χ2v) is 5.20. The summed E-state index contributed by atoms with van der Waals surface area (Å²) >= 11 is 0. The number of hydrogen-bond donors (Lipinski definition) is 2. The molecular formula is C16H23FN4. The van der Waals surface area contributed by atoms with Gasteiger partial charge in [-0.05, 0) is 31.9 Å². The highest BCUT2D eigenvalue weighted by molar-refractivity contribution is 5.29. The molecule has 5 heteroatoms. The van der Waals surface area contributed by atoms with E-state index in [4.69, 9.17) is 5.84 Å². The fraction of sp³-hybridized carbons (Fsp3) is 0.438. The van der Waals surface area contributed by atoms with Crippen molar-refractivity contribution in [1.29, 1.82) is 0 Å². The molecule has 0 aliphatic heterocycles. The van der Waals surface area contributed by atoms with E-state index in [1.165, 1.54) is 0 Å². The van der Waals surface area contributed by atoms with E-state index in [9.17, 15) is 4.39 Å². The molecule has 2 rings (SSSR count). The third-order valence-corrected chi connectivity index (χ3v) is 3.79. The van der Waals surface area contributed by atoms with Gasteiger partial charge in [0.25, 0.3) is 0 Å². The Kier molecular flexibility index (Phi) is 5.09. The molecule has 0 bridgehead atoms. The number of aryl methyl sites for hydroxylation is 3. The molecule has 0 amide bonds. The lowest BCUT2D eigenvalue weighted by atomic mass is 9.99. The zero-order valence-electron chi connectivity index (χ0n) is 12.9. The molecule has 0 spiro atoms. The summed E-state index contributed by atoms with van der Waals surface area (Å²) < 4.78 is 16.2. The maximum absolute atomic E-state index is 14.3. The van der Waals surface area contributed by atoms with Crippen molar-refractivity contribution in [2.75, 3.05) is 0 Å². The second-order valence-electron chi connectivity index (χ2n) is 5.20. The highest BCUT2D eigenvalue weighted by Gasteiger charge is 2.18. The third kappa shape index (κ3) is 3.31. The molecule has 1 atom stereocenters. The first-order valence-electron chi connectivity index (χ1n) is 7.37. The van der Waals surface area contributed by atoms with Crippen LogP contribution >= 0.6 is 0 Å². The van der Waals surface area contributed by atoms with Gasteiger partial charge in [0, 0.05) is 24.2 Å². The third-order valence-electron chi connectivity index (χ3n) is 3.79. The maximum Gasteiger partial charge on any atom is 0.130 e. The maximum atomic E-state index is 14.3. The predicted octanol–water partition coefficient (Wildman–Crippen LogP) is 2.66. The van der Waals surface area contributed by atoms with Gasteiger partial charge in [-0.1, -0.05) is 25.1 Å². The van der Waals surface area contributed by atoms with Gasteiger partial charge >= 0.3 is 0 Å². The molecule has 1 heterocycles. The van der Waals surface area contributed by atoms with E-state index < -0.39 is 0 Å². The van der Waals surface area contributed by atoms with Crippen molar-refractivity contribution >= 4 is 0 Å². The zero-order chi connectivity index (χ0) is 15.4. The van der Waals surface area contributed by atoms with Gasteiger partial charge in [0.1, 0.15) is 5.82 Å². The number of nitrogens with zero attached hydrogens (tertiary/aromatic N) is 2. The van der Waals surface area contributed by atoms with Crippen molar-refractivity contribution in [2.45, 2.75) is 46.2 Å². The van der Waals surface area contributed by atoms with Crippen molar-refractivity contribution in [3.05, 3.63) is 52.6 Å². The molecule has 0 aliphatic rings. The molecule has 0 aliphatic carbocycles. The lowest BCUT2D eigenvalue weighted by Crippen LogP contribution is -2.31. The average Bonchev–Trinajstić information content (AvgIpc) is 2.90. The number of nitrogens with two attached hydrogens (primary N) is 1. The quantitative estimate of drug-likeness (QED) is 0.635. The first-order valence-corrected chi connectivity index (χ1v) is 7.37. The van der Waals surface area contributed by atoms with Crippen LogP contribution < -0.4 is 11.3 Å². The summed E-state index contributed by atoms with van der Waals surface area (Å²) in [5.41, 5.74) is 6.08. The van der Waals surface area contributed by atoms with Crippen LogP contribution in [0.25, 0.3) is 0 Å². The van der Waals surface area contributed by atoms with E-state index in [2.05, 4.69) is 23.5 Å². The van der Waals surface area contributed by atoms with E-state index in [0.717, 1.165) is 24.4 Å². The van der Waals surface area contributed by atoms with Crippen molar-refractivity contribution in [2.24, 2.45) is 5.84 Å². The molecule has 0 radical (unpaired) electrons. The molecule has 3 N–H and O–H groups in total. The predicted molar refractivity (Wildman–Crippen MR) is 82.2 cm³/mol. The Hall–Kier alpha value is -1.72. The molecule has 1 unspecified atom stereocenters. The molecule has 0 saturated heterocycles. The number of rotatable bonds is 6. The lowest BCUT2D eigenvalue weighted by Gasteiger charge is -2.18. The van der Waals surface area contributed by atoms with Crippen LogP contribution in [-0.4, -0.2) is 9.78 Å². The van der Waals surface area contributed by atoms with Gasteiger partial charge in [-0.2, -0.15) is 5.10 Å². The van der Waals surface area contributed by atoms with Crippen molar-refractivity contribution in [3.63, 3.8) is 0 Å². The van der Waals surface area contributed by atoms with Crippen molar-refractivity contribution < 1.29 is 4.39 Å². The number of hydrogen-bond acceptors (Lipinski definition) is 3. The van der Waals surface area contributed by atoms with Gasteiger partial charge < -0.3 is 0 Å². The van der Waals surface area contributed by atoms with Crippen LogP contribution in [0.2, 0.25) is 0 Å². The topological polar surface area (TPSA) is 55.9 Å². The highest BCUT2D eigenvalue weighted by atomic mass is 19.1. The fourth-order valence-corrected chi connectivity index (χ4v) is 2.53. The minimum atomic E-state index is -0.267. The van der Waals surface area contributed by atoms with E-state index in [0.29, 0.717) is 17.5 Å². The summed E-state index contributed by atoms with van der Waals surface area (Å²) in [5.74, 6) is 5.46. The molecule has 2 aromatic rings. The number of hydrazine groups is 1. The van der Waals surface area contributed by atoms with Crippen LogP contribution in [0.4, 0.5) is 4.39 Å². The van der Waals surface area contributed by atoms with Gasteiger partial charge in [0.15, 0.2) is 0 Å². The minimum absolute atomic E-state index is 0.196. The van der Waals surface area contributed by atoms with Crippen LogP contribution in [0.3, 0.4) is 0 Å². The molecule has 1 aromatic carbocycles. The Balaban J connectivity index is 2.31. The minimum Gasteiger partial charge on any atom is -0.271 e. The standard InChI is InChI=1S/C16H23FN4/c1-4-12-9-13(21(5-2)20-12)10-15(19-18)14-8-6-7-11(3)16(14)17/h6-9,15,19H,4-5,10,18H2,1-3H3. The van der Waals surface area contributed by atoms with Gasteiger partial charge in [-0.25, -0.2) is 4.39 Å². The number of nitrogens with one attached hydrogen (secondary N) is 1. The smallest absolute Gasteiger partial charge is 0.130 e. The Morgan fingerprint density at radius 1 is 1.38 bits per heavy atom. The van der Waals surface area contributed by atoms with E-state index in [1.54, 1.807) is 19.1 Å². The SMILES string of the molecule is CCc1cc(CC(NN)c2cccc(C)c2F)n(CC)n1. The first kappa shape index (κ1) is 15.7. The summed E-state index contributed by atoms with van der Waals surface area (Å²) in [6, 6.07) is 7.20. The van der Waals surface area contributed by atoms with E-state index in [-0.39, 0.29) is 11.9 Å². The van der Waals surface area contributed by atoms with Gasteiger partial charge in [0.05, 0.1) is 11.7 Å². The summed E-state index contributed by atoms with van der Waals surface area (Å²) in [6.45, 7) is 6.68. The largest absolute Gasteiger partial charge is 0.271 e. The van der Waals surface area contributed by atoms with E-state index in [1.807, 2.05) is 17.7 Å². The molecule has 0 fully saturated rings. The first-order chi connectivity index (χ1) is 10.1. The van der Waals surface area contributed by atoms with Gasteiger partial charge in [-0.3, -0.25) is 16.0 Å². The van der Waals surface area contributed by atoms with Crippen molar-refractivity contribution in [3.8, 4) is 0 Å². The average molecular weight is 290 g/mol. The van der Waals surface area contributed by atoms with Crippen LogP contribution in [0.1, 0.15) is 42.4 Å². The Labute approximate surface area is 125 Å². The monoisotopic (exact) mass is 290 g/mol. The summed E-state index contributed by atoms with van der Waals surface area (Å²) in [6.07, 6.45) is 1.50. The number of benzene rings is 1. The van der Waals surface area contributed by atoms with Crippen LogP contribution in [0.15, 0.2) is 24.3 Å². The Bertz CT molecular complexity index is 606. The van der Waals surface area contributed by atoms with Gasteiger partial charge in [-0.15, -0.1) is 0 Å². The molecule has 114 valence electrons. The Morgan fingerprint density at radius 2 is 2.14 bits per heavy atom. The summed E-state index contributed by atoms with van der Waals surface area (Å²) in [7, 11) is 0. The molecule has 0 saturated carbocycles. The molecule has 21 heavy (non-hydrogen) atoms. The molecular weight excluding hydrogens is 267 g/mol. The normalized spacial score (nSPS) is 12.6. The lowest BCUT2D eigenvalue weighted by molar-refractivity contribution is 0.488. The number of halogens is 1. The van der Waals surface area contributed by atoms with Crippen LogP contribution in [-0.2, 0) is 19.4 Å². The Morgan fingerprint density at radius 3 is 2.76 bits per heavy atom.